The Morgan fingerprint density at radius 2 is 1.79 bits per heavy atom. The molecule has 5 heteroatoms. The van der Waals surface area contributed by atoms with Crippen molar-refractivity contribution >= 4 is 11.8 Å². The number of carbonyl (C=O) groups is 2. The van der Waals surface area contributed by atoms with Crippen LogP contribution in [0.5, 0.6) is 0 Å². The topological polar surface area (TPSA) is 49.9 Å². The van der Waals surface area contributed by atoms with Crippen LogP contribution in [0.2, 0.25) is 0 Å². The van der Waals surface area contributed by atoms with Gasteiger partial charge in [0.1, 0.15) is 5.78 Å². The van der Waals surface area contributed by atoms with Gasteiger partial charge in [0.25, 0.3) is 0 Å². The summed E-state index contributed by atoms with van der Waals surface area (Å²) in [6.45, 7) is 8.45. The standard InChI is InChI=1S/C14H28N2O3/c1-6-16(12(3)10-15(4)5)11-13(17)8-9-14(18)19-7-2/h12H,6-11H2,1-5H3. The highest BCUT2D eigenvalue weighted by molar-refractivity contribution is 5.84. The molecule has 0 aliphatic rings. The highest BCUT2D eigenvalue weighted by Gasteiger charge is 2.17. The average molecular weight is 272 g/mol. The Hall–Kier alpha value is -0.940. The summed E-state index contributed by atoms with van der Waals surface area (Å²) < 4.78 is 4.81. The monoisotopic (exact) mass is 272 g/mol. The molecule has 0 spiro atoms. The molecule has 1 unspecified atom stereocenters. The lowest BCUT2D eigenvalue weighted by molar-refractivity contribution is -0.144. The van der Waals surface area contributed by atoms with E-state index >= 15 is 0 Å². The van der Waals surface area contributed by atoms with Crippen molar-refractivity contribution in [3.63, 3.8) is 0 Å². The molecular formula is C14H28N2O3. The van der Waals surface area contributed by atoms with Crippen LogP contribution in [0.4, 0.5) is 0 Å². The van der Waals surface area contributed by atoms with Gasteiger partial charge >= 0.3 is 5.97 Å². The van der Waals surface area contributed by atoms with E-state index in [0.29, 0.717) is 19.2 Å². The lowest BCUT2D eigenvalue weighted by atomic mass is 10.2. The predicted octanol–water partition coefficient (Wildman–Crippen LogP) is 1.17. The number of ether oxygens (including phenoxy) is 1. The molecule has 0 amide bonds. The van der Waals surface area contributed by atoms with E-state index in [4.69, 9.17) is 4.74 Å². The molecule has 1 atom stereocenters. The van der Waals surface area contributed by atoms with Gasteiger partial charge in [-0.3, -0.25) is 14.5 Å². The number of rotatable bonds is 10. The van der Waals surface area contributed by atoms with E-state index < -0.39 is 0 Å². The molecule has 0 N–H and O–H groups in total. The molecule has 0 rings (SSSR count). The number of carbonyl (C=O) groups excluding carboxylic acids is 2. The van der Waals surface area contributed by atoms with Gasteiger partial charge in [-0.25, -0.2) is 0 Å². The van der Waals surface area contributed by atoms with Crippen LogP contribution >= 0.6 is 0 Å². The maximum atomic E-state index is 11.8. The Morgan fingerprint density at radius 3 is 2.26 bits per heavy atom. The molecule has 0 radical (unpaired) electrons. The van der Waals surface area contributed by atoms with Crippen molar-refractivity contribution in [3.8, 4) is 0 Å². The van der Waals surface area contributed by atoms with Gasteiger partial charge in [-0.1, -0.05) is 6.92 Å². The maximum absolute atomic E-state index is 11.8. The van der Waals surface area contributed by atoms with Crippen LogP contribution in [0.3, 0.4) is 0 Å². The van der Waals surface area contributed by atoms with Crippen molar-refractivity contribution in [3.05, 3.63) is 0 Å². The minimum Gasteiger partial charge on any atom is -0.466 e. The second kappa shape index (κ2) is 9.92. The molecule has 0 bridgehead atoms. The molecule has 0 saturated carbocycles. The molecule has 19 heavy (non-hydrogen) atoms. The van der Waals surface area contributed by atoms with Gasteiger partial charge in [0.05, 0.1) is 19.6 Å². The Kier molecular flexibility index (Phi) is 9.43. The number of esters is 1. The SMILES string of the molecule is CCOC(=O)CCC(=O)CN(CC)C(C)CN(C)C. The van der Waals surface area contributed by atoms with Crippen LogP contribution in [-0.4, -0.2) is 67.9 Å². The van der Waals surface area contributed by atoms with E-state index in [1.807, 2.05) is 21.0 Å². The molecule has 0 fully saturated rings. The molecule has 0 aromatic carbocycles. The molecule has 0 saturated heterocycles. The third-order valence-electron chi connectivity index (χ3n) is 2.95. The highest BCUT2D eigenvalue weighted by atomic mass is 16.5. The van der Waals surface area contributed by atoms with Crippen molar-refractivity contribution in [1.82, 2.24) is 9.80 Å². The van der Waals surface area contributed by atoms with Gasteiger partial charge in [-0.2, -0.15) is 0 Å². The summed E-state index contributed by atoms with van der Waals surface area (Å²) >= 11 is 0. The minimum absolute atomic E-state index is 0.0977. The number of nitrogens with zero attached hydrogens (tertiary/aromatic N) is 2. The summed E-state index contributed by atoms with van der Waals surface area (Å²) in [4.78, 5) is 27.3. The number of Topliss-reactive ketones (excluding diaryl/α,β-unsaturated/α-hetero) is 1. The number of hydrogen-bond acceptors (Lipinski definition) is 5. The maximum Gasteiger partial charge on any atom is 0.306 e. The van der Waals surface area contributed by atoms with Gasteiger partial charge < -0.3 is 9.64 Å². The van der Waals surface area contributed by atoms with Crippen molar-refractivity contribution in [2.24, 2.45) is 0 Å². The van der Waals surface area contributed by atoms with E-state index in [9.17, 15) is 9.59 Å². The molecule has 0 heterocycles. The Balaban J connectivity index is 4.09. The van der Waals surface area contributed by atoms with E-state index in [-0.39, 0.29) is 24.6 Å². The molecule has 5 nitrogen and oxygen atoms in total. The zero-order valence-corrected chi connectivity index (χ0v) is 12.9. The van der Waals surface area contributed by atoms with Gasteiger partial charge in [0.2, 0.25) is 0 Å². The molecule has 0 aromatic rings. The molecule has 0 aliphatic heterocycles. The van der Waals surface area contributed by atoms with E-state index in [1.165, 1.54) is 0 Å². The van der Waals surface area contributed by atoms with Crippen LogP contribution in [0.15, 0.2) is 0 Å². The fourth-order valence-corrected chi connectivity index (χ4v) is 2.00. The van der Waals surface area contributed by atoms with Crippen molar-refractivity contribution < 1.29 is 14.3 Å². The third kappa shape index (κ3) is 8.72. The largest absolute Gasteiger partial charge is 0.466 e. The normalized spacial score (nSPS) is 12.8. The van der Waals surface area contributed by atoms with E-state index in [0.717, 1.165) is 13.1 Å². The van der Waals surface area contributed by atoms with Gasteiger partial charge in [-0.15, -0.1) is 0 Å². The molecule has 0 aromatic heterocycles. The zero-order valence-electron chi connectivity index (χ0n) is 12.9. The highest BCUT2D eigenvalue weighted by Crippen LogP contribution is 2.03. The van der Waals surface area contributed by atoms with Gasteiger partial charge in [0, 0.05) is 19.0 Å². The minimum atomic E-state index is -0.291. The summed E-state index contributed by atoms with van der Waals surface area (Å²) in [6, 6.07) is 0.326. The third-order valence-corrected chi connectivity index (χ3v) is 2.95. The first-order valence-electron chi connectivity index (χ1n) is 6.96. The summed E-state index contributed by atoms with van der Waals surface area (Å²) in [5.41, 5.74) is 0. The van der Waals surface area contributed by atoms with Crippen LogP contribution < -0.4 is 0 Å². The predicted molar refractivity (Wildman–Crippen MR) is 76.1 cm³/mol. The Labute approximate surface area is 116 Å². The summed E-state index contributed by atoms with van der Waals surface area (Å²) in [7, 11) is 4.04. The summed E-state index contributed by atoms with van der Waals surface area (Å²) in [5.74, 6) is -0.194. The summed E-state index contributed by atoms with van der Waals surface area (Å²) in [5, 5.41) is 0. The van der Waals surface area contributed by atoms with Crippen molar-refractivity contribution in [1.29, 1.82) is 0 Å². The van der Waals surface area contributed by atoms with Crippen LogP contribution in [0.1, 0.15) is 33.6 Å². The number of hydrogen-bond donors (Lipinski definition) is 0. The van der Waals surface area contributed by atoms with E-state index in [1.54, 1.807) is 6.92 Å². The molecule has 112 valence electrons. The first kappa shape index (κ1) is 18.1. The second-order valence-corrected chi connectivity index (χ2v) is 5.02. The smallest absolute Gasteiger partial charge is 0.306 e. The second-order valence-electron chi connectivity index (χ2n) is 5.02. The Bertz CT molecular complexity index is 280. The summed E-state index contributed by atoms with van der Waals surface area (Å²) in [6.07, 6.45) is 0.455. The zero-order chi connectivity index (χ0) is 14.8. The van der Waals surface area contributed by atoms with Crippen LogP contribution in [-0.2, 0) is 14.3 Å². The van der Waals surface area contributed by atoms with Gasteiger partial charge in [-0.05, 0) is 34.5 Å². The van der Waals surface area contributed by atoms with E-state index in [2.05, 4.69) is 16.7 Å². The van der Waals surface area contributed by atoms with Gasteiger partial charge in [0.15, 0.2) is 0 Å². The van der Waals surface area contributed by atoms with Crippen molar-refractivity contribution in [2.75, 3.05) is 40.3 Å². The molecule has 0 aliphatic carbocycles. The van der Waals surface area contributed by atoms with Crippen LogP contribution in [0.25, 0.3) is 0 Å². The first-order valence-corrected chi connectivity index (χ1v) is 6.96. The lowest BCUT2D eigenvalue weighted by Crippen LogP contribution is -2.42. The average Bonchev–Trinajstić information content (AvgIpc) is 2.32. The van der Waals surface area contributed by atoms with Crippen molar-refractivity contribution in [2.45, 2.75) is 39.7 Å². The first-order chi connectivity index (χ1) is 8.90. The number of ketones is 1. The van der Waals surface area contributed by atoms with Crippen LogP contribution in [0, 0.1) is 0 Å². The Morgan fingerprint density at radius 1 is 1.16 bits per heavy atom. The quantitative estimate of drug-likeness (QED) is 0.559. The fourth-order valence-electron chi connectivity index (χ4n) is 2.00. The molecular weight excluding hydrogens is 244 g/mol. The lowest BCUT2D eigenvalue weighted by Gasteiger charge is -2.29. The fraction of sp³-hybridized carbons (Fsp3) is 0.857. The number of likely N-dealkylation sites (N-methyl/N-ethyl adjacent to an activating group) is 2.